The highest BCUT2D eigenvalue weighted by Crippen LogP contribution is 2.32. The van der Waals surface area contributed by atoms with E-state index in [1.165, 1.54) is 42.4 Å². The quantitative estimate of drug-likeness (QED) is 0.729. The Kier molecular flexibility index (Phi) is 3.87. The van der Waals surface area contributed by atoms with Crippen LogP contribution in [-0.2, 0) is 0 Å². The van der Waals surface area contributed by atoms with Crippen LogP contribution >= 0.6 is 0 Å². The maximum absolute atomic E-state index is 5.50. The normalized spacial score (nSPS) is 14.3. The van der Waals surface area contributed by atoms with Gasteiger partial charge in [-0.25, -0.2) is 0 Å². The van der Waals surface area contributed by atoms with E-state index >= 15 is 0 Å². The van der Waals surface area contributed by atoms with Gasteiger partial charge in [0.25, 0.3) is 0 Å². The van der Waals surface area contributed by atoms with Crippen LogP contribution in [-0.4, -0.2) is 7.11 Å². The molecule has 0 aliphatic heterocycles. The van der Waals surface area contributed by atoms with Gasteiger partial charge in [0.1, 0.15) is 5.75 Å². The highest BCUT2D eigenvalue weighted by atomic mass is 16.5. The van der Waals surface area contributed by atoms with E-state index in [2.05, 4.69) is 54.6 Å². The first kappa shape index (κ1) is 13.0. The second kappa shape index (κ2) is 5.96. The van der Waals surface area contributed by atoms with Gasteiger partial charge in [-0.2, -0.15) is 0 Å². The van der Waals surface area contributed by atoms with Gasteiger partial charge >= 0.3 is 0 Å². The molecule has 3 rings (SSSR count). The van der Waals surface area contributed by atoms with Gasteiger partial charge in [0.05, 0.1) is 7.11 Å². The minimum absolute atomic E-state index is 0.962. The minimum Gasteiger partial charge on any atom is -0.496 e. The molecule has 1 fully saturated rings. The van der Waals surface area contributed by atoms with Crippen LogP contribution in [0.4, 0.5) is 0 Å². The molecule has 20 heavy (non-hydrogen) atoms. The molecule has 0 heterocycles. The summed E-state index contributed by atoms with van der Waals surface area (Å²) < 4.78 is 5.50. The summed E-state index contributed by atoms with van der Waals surface area (Å²) >= 11 is 0. The van der Waals surface area contributed by atoms with E-state index in [1.54, 1.807) is 12.7 Å². The van der Waals surface area contributed by atoms with Crippen molar-refractivity contribution in [2.75, 3.05) is 7.11 Å². The van der Waals surface area contributed by atoms with Gasteiger partial charge in [-0.3, -0.25) is 0 Å². The fourth-order valence-electron chi connectivity index (χ4n) is 2.85. The van der Waals surface area contributed by atoms with Crippen molar-refractivity contribution < 1.29 is 4.74 Å². The zero-order chi connectivity index (χ0) is 13.8. The Labute approximate surface area is 120 Å². The lowest BCUT2D eigenvalue weighted by atomic mass is 10.0. The minimum atomic E-state index is 0.962. The molecule has 1 nitrogen and oxygen atoms in total. The summed E-state index contributed by atoms with van der Waals surface area (Å²) in [6.45, 7) is 0. The molecule has 0 bridgehead atoms. The van der Waals surface area contributed by atoms with Gasteiger partial charge in [0.15, 0.2) is 0 Å². The second-order valence-electron chi connectivity index (χ2n) is 5.33. The summed E-state index contributed by atoms with van der Waals surface area (Å²) in [5.74, 6) is 0.962. The first-order valence-corrected chi connectivity index (χ1v) is 7.30. The number of rotatable bonds is 3. The smallest absolute Gasteiger partial charge is 0.126 e. The summed E-state index contributed by atoms with van der Waals surface area (Å²) in [7, 11) is 1.74. The molecular weight excluding hydrogens is 244 g/mol. The molecule has 0 unspecified atom stereocenters. The van der Waals surface area contributed by atoms with Crippen molar-refractivity contribution >= 4 is 6.08 Å². The van der Waals surface area contributed by atoms with Gasteiger partial charge in [-0.1, -0.05) is 48.0 Å². The molecule has 2 aromatic rings. The number of methoxy groups -OCH3 is 1. The molecule has 0 atom stereocenters. The SMILES string of the molecule is COc1ccc(-c2ccccc2)cc1C=C1CCCC1. The third-order valence-electron chi connectivity index (χ3n) is 3.94. The zero-order valence-corrected chi connectivity index (χ0v) is 11.9. The Balaban J connectivity index is 2.01. The van der Waals surface area contributed by atoms with Gasteiger partial charge < -0.3 is 4.74 Å². The van der Waals surface area contributed by atoms with E-state index in [0.717, 1.165) is 5.75 Å². The van der Waals surface area contributed by atoms with Crippen molar-refractivity contribution in [3.8, 4) is 16.9 Å². The average molecular weight is 264 g/mol. The highest BCUT2D eigenvalue weighted by Gasteiger charge is 2.09. The average Bonchev–Trinajstić information content (AvgIpc) is 3.01. The molecule has 0 N–H and O–H groups in total. The van der Waals surface area contributed by atoms with Crippen molar-refractivity contribution in [1.29, 1.82) is 0 Å². The maximum Gasteiger partial charge on any atom is 0.126 e. The van der Waals surface area contributed by atoms with Crippen LogP contribution in [0.2, 0.25) is 0 Å². The maximum atomic E-state index is 5.50. The molecule has 1 saturated carbocycles. The van der Waals surface area contributed by atoms with E-state index < -0.39 is 0 Å². The molecule has 2 aromatic carbocycles. The third-order valence-corrected chi connectivity index (χ3v) is 3.94. The van der Waals surface area contributed by atoms with E-state index in [1.807, 2.05) is 0 Å². The summed E-state index contributed by atoms with van der Waals surface area (Å²) in [4.78, 5) is 0. The molecule has 0 spiro atoms. The Morgan fingerprint density at radius 3 is 2.35 bits per heavy atom. The number of hydrogen-bond donors (Lipinski definition) is 0. The van der Waals surface area contributed by atoms with Gasteiger partial charge in [0.2, 0.25) is 0 Å². The van der Waals surface area contributed by atoms with Gasteiger partial charge in [-0.15, -0.1) is 0 Å². The number of allylic oxidation sites excluding steroid dienone is 1. The van der Waals surface area contributed by atoms with Crippen molar-refractivity contribution in [3.05, 3.63) is 59.7 Å². The fourth-order valence-corrected chi connectivity index (χ4v) is 2.85. The van der Waals surface area contributed by atoms with Crippen LogP contribution in [0.1, 0.15) is 31.2 Å². The van der Waals surface area contributed by atoms with Gasteiger partial charge in [0, 0.05) is 5.56 Å². The van der Waals surface area contributed by atoms with Crippen LogP contribution in [0.25, 0.3) is 17.2 Å². The largest absolute Gasteiger partial charge is 0.496 e. The highest BCUT2D eigenvalue weighted by molar-refractivity contribution is 5.71. The van der Waals surface area contributed by atoms with Crippen LogP contribution in [0.5, 0.6) is 5.75 Å². The Bertz CT molecular complexity index is 603. The molecule has 102 valence electrons. The third kappa shape index (κ3) is 2.77. The number of benzene rings is 2. The van der Waals surface area contributed by atoms with Crippen molar-refractivity contribution in [2.24, 2.45) is 0 Å². The van der Waals surface area contributed by atoms with Crippen molar-refractivity contribution in [1.82, 2.24) is 0 Å². The summed E-state index contributed by atoms with van der Waals surface area (Å²) in [6.07, 6.45) is 7.44. The molecule has 1 heteroatoms. The lowest BCUT2D eigenvalue weighted by molar-refractivity contribution is 0.414. The van der Waals surface area contributed by atoms with Crippen molar-refractivity contribution in [2.45, 2.75) is 25.7 Å². The van der Waals surface area contributed by atoms with Crippen LogP contribution < -0.4 is 4.74 Å². The Morgan fingerprint density at radius 2 is 1.65 bits per heavy atom. The van der Waals surface area contributed by atoms with Crippen LogP contribution in [0.15, 0.2) is 54.1 Å². The predicted molar refractivity (Wildman–Crippen MR) is 84.9 cm³/mol. The van der Waals surface area contributed by atoms with Gasteiger partial charge in [-0.05, 0) is 48.9 Å². The first-order valence-electron chi connectivity index (χ1n) is 7.30. The van der Waals surface area contributed by atoms with E-state index in [4.69, 9.17) is 4.74 Å². The Morgan fingerprint density at radius 1 is 0.900 bits per heavy atom. The molecular formula is C19H20O. The van der Waals surface area contributed by atoms with E-state index in [-0.39, 0.29) is 0 Å². The van der Waals surface area contributed by atoms with Crippen LogP contribution in [0.3, 0.4) is 0 Å². The van der Waals surface area contributed by atoms with Crippen LogP contribution in [0, 0.1) is 0 Å². The topological polar surface area (TPSA) is 9.23 Å². The molecule has 0 radical (unpaired) electrons. The Hall–Kier alpha value is -2.02. The zero-order valence-electron chi connectivity index (χ0n) is 11.9. The molecule has 0 amide bonds. The predicted octanol–water partition coefficient (Wildman–Crippen LogP) is 5.32. The van der Waals surface area contributed by atoms with E-state index in [0.29, 0.717) is 0 Å². The molecule has 1 aliphatic carbocycles. The fraction of sp³-hybridized carbons (Fsp3) is 0.263. The summed E-state index contributed by atoms with van der Waals surface area (Å²) in [5, 5.41) is 0. The molecule has 0 saturated heterocycles. The number of hydrogen-bond acceptors (Lipinski definition) is 1. The number of ether oxygens (including phenoxy) is 1. The summed E-state index contributed by atoms with van der Waals surface area (Å²) in [6, 6.07) is 16.9. The van der Waals surface area contributed by atoms with E-state index in [9.17, 15) is 0 Å². The summed E-state index contributed by atoms with van der Waals surface area (Å²) in [5.41, 5.74) is 5.25. The molecule has 1 aliphatic rings. The lowest BCUT2D eigenvalue weighted by Gasteiger charge is -2.09. The monoisotopic (exact) mass is 264 g/mol. The van der Waals surface area contributed by atoms with Crippen molar-refractivity contribution in [3.63, 3.8) is 0 Å². The first-order chi connectivity index (χ1) is 9.86. The second-order valence-corrected chi connectivity index (χ2v) is 5.33. The molecule has 0 aromatic heterocycles. The lowest BCUT2D eigenvalue weighted by Crippen LogP contribution is -1.89. The standard InChI is InChI=1S/C19H20O/c1-20-19-12-11-17(16-9-3-2-4-10-16)14-18(19)13-15-7-5-6-8-15/h2-4,9-14H,5-8H2,1H3.